The fraction of sp³-hybridized carbons (Fsp3) is 1.00. The Balaban J connectivity index is 2.48. The molecular formula is C15H29F3N2O. The van der Waals surface area contributed by atoms with E-state index in [0.717, 1.165) is 25.9 Å². The molecule has 1 aliphatic rings. The summed E-state index contributed by atoms with van der Waals surface area (Å²) in [4.78, 5) is 1.82. The first-order valence-electron chi connectivity index (χ1n) is 7.76. The van der Waals surface area contributed by atoms with E-state index in [-0.39, 0.29) is 12.0 Å². The second-order valence-corrected chi connectivity index (χ2v) is 6.74. The molecule has 0 aromatic heterocycles. The molecule has 1 aliphatic heterocycles. The van der Waals surface area contributed by atoms with Gasteiger partial charge in [-0.05, 0) is 37.8 Å². The molecule has 0 aromatic rings. The third-order valence-corrected chi connectivity index (χ3v) is 3.99. The van der Waals surface area contributed by atoms with Crippen molar-refractivity contribution in [3.05, 3.63) is 0 Å². The van der Waals surface area contributed by atoms with Crippen LogP contribution in [0.4, 0.5) is 13.2 Å². The monoisotopic (exact) mass is 310 g/mol. The van der Waals surface area contributed by atoms with Crippen LogP contribution in [-0.4, -0.2) is 57.5 Å². The molecule has 1 heterocycles. The zero-order chi connectivity index (χ0) is 15.9. The average molecular weight is 310 g/mol. The molecule has 3 nitrogen and oxygen atoms in total. The quantitative estimate of drug-likeness (QED) is 0.746. The number of nitrogens with zero attached hydrogens (tertiary/aromatic N) is 1. The zero-order valence-corrected chi connectivity index (χ0v) is 13.4. The van der Waals surface area contributed by atoms with Crippen LogP contribution in [0.5, 0.6) is 0 Å². The molecule has 21 heavy (non-hydrogen) atoms. The van der Waals surface area contributed by atoms with E-state index in [0.29, 0.717) is 25.7 Å². The van der Waals surface area contributed by atoms with E-state index in [1.54, 1.807) is 7.05 Å². The highest BCUT2D eigenvalue weighted by Crippen LogP contribution is 2.31. The number of rotatable bonds is 8. The minimum absolute atomic E-state index is 0.0352. The highest BCUT2D eigenvalue weighted by molar-refractivity contribution is 4.87. The van der Waals surface area contributed by atoms with Crippen molar-refractivity contribution in [3.8, 4) is 0 Å². The van der Waals surface area contributed by atoms with Gasteiger partial charge in [-0.15, -0.1) is 0 Å². The average Bonchev–Trinajstić information content (AvgIpc) is 2.36. The maximum atomic E-state index is 12.3. The largest absolute Gasteiger partial charge is 0.390 e. The molecule has 0 aliphatic carbocycles. The summed E-state index contributed by atoms with van der Waals surface area (Å²) >= 11 is 0. The van der Waals surface area contributed by atoms with Gasteiger partial charge in [-0.2, -0.15) is 13.2 Å². The minimum Gasteiger partial charge on any atom is -0.381 e. The van der Waals surface area contributed by atoms with E-state index < -0.39 is 12.6 Å². The molecule has 1 rings (SSSR count). The third-order valence-electron chi connectivity index (χ3n) is 3.99. The third kappa shape index (κ3) is 8.02. The topological polar surface area (TPSA) is 24.5 Å². The van der Waals surface area contributed by atoms with Crippen molar-refractivity contribution in [2.75, 3.05) is 46.4 Å². The standard InChI is InChI=1S/C15H29F3N2O/c1-13(2)10-19-11-14(5-8-21-9-6-14)12-20(3)7-4-15(16,17)18/h13,19H,4-12H2,1-3H3. The number of nitrogens with one attached hydrogen (secondary N) is 1. The Bertz CT molecular complexity index is 289. The molecule has 126 valence electrons. The molecule has 0 amide bonds. The normalized spacial score (nSPS) is 19.4. The van der Waals surface area contributed by atoms with Crippen molar-refractivity contribution < 1.29 is 17.9 Å². The molecule has 0 saturated carbocycles. The Labute approximate surface area is 126 Å². The van der Waals surface area contributed by atoms with Gasteiger partial charge in [0.1, 0.15) is 0 Å². The van der Waals surface area contributed by atoms with Crippen LogP contribution in [0, 0.1) is 11.3 Å². The molecule has 0 aromatic carbocycles. The van der Waals surface area contributed by atoms with E-state index in [9.17, 15) is 13.2 Å². The molecule has 0 bridgehead atoms. The second-order valence-electron chi connectivity index (χ2n) is 6.74. The van der Waals surface area contributed by atoms with E-state index in [2.05, 4.69) is 19.2 Å². The van der Waals surface area contributed by atoms with E-state index in [1.165, 1.54) is 0 Å². The smallest absolute Gasteiger partial charge is 0.381 e. The Morgan fingerprint density at radius 2 is 1.86 bits per heavy atom. The first-order valence-corrected chi connectivity index (χ1v) is 7.76. The minimum atomic E-state index is -4.08. The van der Waals surface area contributed by atoms with Crippen LogP contribution in [0.25, 0.3) is 0 Å². The first-order chi connectivity index (χ1) is 9.72. The van der Waals surface area contributed by atoms with Crippen molar-refractivity contribution in [2.45, 2.75) is 39.3 Å². The molecule has 1 fully saturated rings. The molecule has 6 heteroatoms. The lowest BCUT2D eigenvalue weighted by Crippen LogP contribution is -2.47. The molecular weight excluding hydrogens is 281 g/mol. The Morgan fingerprint density at radius 1 is 1.24 bits per heavy atom. The SMILES string of the molecule is CC(C)CNCC1(CN(C)CCC(F)(F)F)CCOCC1. The van der Waals surface area contributed by atoms with Gasteiger partial charge in [0.25, 0.3) is 0 Å². The molecule has 1 saturated heterocycles. The van der Waals surface area contributed by atoms with Gasteiger partial charge in [-0.25, -0.2) is 0 Å². The fourth-order valence-electron chi connectivity index (χ4n) is 2.79. The fourth-order valence-corrected chi connectivity index (χ4v) is 2.79. The lowest BCUT2D eigenvalue weighted by molar-refractivity contribution is -0.138. The van der Waals surface area contributed by atoms with Crippen LogP contribution in [0.15, 0.2) is 0 Å². The number of ether oxygens (including phenoxy) is 1. The van der Waals surface area contributed by atoms with Gasteiger partial charge in [0.05, 0.1) is 6.42 Å². The van der Waals surface area contributed by atoms with Crippen LogP contribution in [0.2, 0.25) is 0 Å². The van der Waals surface area contributed by atoms with Crippen LogP contribution in [-0.2, 0) is 4.74 Å². The summed E-state index contributed by atoms with van der Waals surface area (Å²) < 4.78 is 42.4. The summed E-state index contributed by atoms with van der Waals surface area (Å²) in [5.74, 6) is 0.574. The highest BCUT2D eigenvalue weighted by Gasteiger charge is 2.34. The van der Waals surface area contributed by atoms with Crippen LogP contribution in [0.1, 0.15) is 33.1 Å². The predicted molar refractivity (Wildman–Crippen MR) is 78.4 cm³/mol. The Hall–Kier alpha value is -0.330. The Morgan fingerprint density at radius 3 is 2.38 bits per heavy atom. The maximum Gasteiger partial charge on any atom is 0.390 e. The molecule has 0 unspecified atom stereocenters. The van der Waals surface area contributed by atoms with Crippen LogP contribution < -0.4 is 5.32 Å². The number of hydrogen-bond donors (Lipinski definition) is 1. The second kappa shape index (κ2) is 8.34. The van der Waals surface area contributed by atoms with E-state index >= 15 is 0 Å². The molecule has 1 N–H and O–H groups in total. The summed E-state index contributed by atoms with van der Waals surface area (Å²) in [6, 6.07) is 0. The van der Waals surface area contributed by atoms with Gasteiger partial charge < -0.3 is 15.0 Å². The van der Waals surface area contributed by atoms with Crippen molar-refractivity contribution in [1.82, 2.24) is 10.2 Å². The number of halogens is 3. The van der Waals surface area contributed by atoms with E-state index in [4.69, 9.17) is 4.74 Å². The van der Waals surface area contributed by atoms with Crippen molar-refractivity contribution >= 4 is 0 Å². The predicted octanol–water partition coefficient (Wildman–Crippen LogP) is 2.91. The van der Waals surface area contributed by atoms with Gasteiger partial charge >= 0.3 is 6.18 Å². The van der Waals surface area contributed by atoms with Crippen LogP contribution in [0.3, 0.4) is 0 Å². The summed E-state index contributed by atoms with van der Waals surface area (Å²) in [6.07, 6.45) is -2.99. The van der Waals surface area contributed by atoms with Crippen LogP contribution >= 0.6 is 0 Å². The van der Waals surface area contributed by atoms with Gasteiger partial charge in [-0.3, -0.25) is 0 Å². The summed E-state index contributed by atoms with van der Waals surface area (Å²) in [5.41, 5.74) is 0.0352. The van der Waals surface area contributed by atoms with Gasteiger partial charge in [0, 0.05) is 32.8 Å². The van der Waals surface area contributed by atoms with Gasteiger partial charge in [0.15, 0.2) is 0 Å². The highest BCUT2D eigenvalue weighted by atomic mass is 19.4. The lowest BCUT2D eigenvalue weighted by atomic mass is 9.79. The lowest BCUT2D eigenvalue weighted by Gasteiger charge is -2.40. The zero-order valence-electron chi connectivity index (χ0n) is 13.4. The summed E-state index contributed by atoms with van der Waals surface area (Å²) in [6.45, 7) is 8.26. The van der Waals surface area contributed by atoms with Crippen molar-refractivity contribution in [3.63, 3.8) is 0 Å². The van der Waals surface area contributed by atoms with Crippen molar-refractivity contribution in [1.29, 1.82) is 0 Å². The molecule has 0 spiro atoms. The van der Waals surface area contributed by atoms with E-state index in [1.807, 2.05) is 4.90 Å². The number of hydrogen-bond acceptors (Lipinski definition) is 3. The maximum absolute atomic E-state index is 12.3. The summed E-state index contributed by atoms with van der Waals surface area (Å²) in [5, 5.41) is 3.47. The first kappa shape index (κ1) is 18.7. The van der Waals surface area contributed by atoms with Crippen molar-refractivity contribution in [2.24, 2.45) is 11.3 Å². The number of alkyl halides is 3. The molecule has 0 atom stereocenters. The summed E-state index contributed by atoms with van der Waals surface area (Å²) in [7, 11) is 1.78. The van der Waals surface area contributed by atoms with Gasteiger partial charge in [0.2, 0.25) is 0 Å². The Kier molecular flexibility index (Phi) is 7.44. The van der Waals surface area contributed by atoms with Gasteiger partial charge in [-0.1, -0.05) is 13.8 Å². The molecule has 0 radical (unpaired) electrons.